The van der Waals surface area contributed by atoms with Crippen molar-refractivity contribution in [2.75, 3.05) is 18.0 Å². The van der Waals surface area contributed by atoms with E-state index in [1.165, 1.54) is 6.33 Å². The number of aromatic nitrogens is 4. The maximum absolute atomic E-state index is 13.1. The zero-order valence-corrected chi connectivity index (χ0v) is 9.98. The molecule has 1 fully saturated rings. The molecule has 2 aromatic rings. The molecule has 96 valence electrons. The SMILES string of the molecule is Cc1cc2ncnn2c(N2CCC(F)(F)CC2)n1. The van der Waals surface area contributed by atoms with E-state index in [1.54, 1.807) is 4.52 Å². The average Bonchev–Trinajstić information content (AvgIpc) is 2.76. The van der Waals surface area contributed by atoms with Crippen molar-refractivity contribution in [2.24, 2.45) is 0 Å². The average molecular weight is 253 g/mol. The maximum atomic E-state index is 13.1. The van der Waals surface area contributed by atoms with Crippen molar-refractivity contribution in [3.63, 3.8) is 0 Å². The molecule has 3 rings (SSSR count). The Balaban J connectivity index is 1.97. The third-order valence-corrected chi connectivity index (χ3v) is 3.16. The number of piperidine rings is 1. The molecule has 0 saturated carbocycles. The van der Waals surface area contributed by atoms with Gasteiger partial charge in [-0.1, -0.05) is 0 Å². The van der Waals surface area contributed by atoms with Crippen LogP contribution in [0.1, 0.15) is 18.5 Å². The number of nitrogens with zero attached hydrogens (tertiary/aromatic N) is 5. The second kappa shape index (κ2) is 3.86. The first-order valence-electron chi connectivity index (χ1n) is 5.85. The molecule has 0 N–H and O–H groups in total. The molecular weight excluding hydrogens is 240 g/mol. The molecule has 3 heterocycles. The van der Waals surface area contributed by atoms with E-state index in [0.717, 1.165) is 5.69 Å². The Morgan fingerprint density at radius 2 is 2.00 bits per heavy atom. The van der Waals surface area contributed by atoms with Crippen molar-refractivity contribution in [3.8, 4) is 0 Å². The minimum atomic E-state index is -2.55. The van der Waals surface area contributed by atoms with Gasteiger partial charge in [0.15, 0.2) is 5.65 Å². The fraction of sp³-hybridized carbons (Fsp3) is 0.545. The minimum absolute atomic E-state index is 0.140. The van der Waals surface area contributed by atoms with Gasteiger partial charge in [-0.25, -0.2) is 18.7 Å². The lowest BCUT2D eigenvalue weighted by Crippen LogP contribution is -2.40. The van der Waals surface area contributed by atoms with Crippen LogP contribution in [0.25, 0.3) is 5.65 Å². The summed E-state index contributed by atoms with van der Waals surface area (Å²) in [5.74, 6) is -1.96. The number of aryl methyl sites for hydroxylation is 1. The molecule has 1 aliphatic rings. The summed E-state index contributed by atoms with van der Waals surface area (Å²) in [5, 5.41) is 4.09. The topological polar surface area (TPSA) is 46.3 Å². The molecule has 2 aromatic heterocycles. The molecular formula is C11H13F2N5. The van der Waals surface area contributed by atoms with Crippen molar-refractivity contribution < 1.29 is 8.78 Å². The number of alkyl halides is 2. The second-order valence-corrected chi connectivity index (χ2v) is 4.57. The van der Waals surface area contributed by atoms with Crippen LogP contribution in [-0.2, 0) is 0 Å². The lowest BCUT2D eigenvalue weighted by Gasteiger charge is -2.32. The van der Waals surface area contributed by atoms with Gasteiger partial charge in [0.25, 0.3) is 5.92 Å². The minimum Gasteiger partial charge on any atom is -0.340 e. The third-order valence-electron chi connectivity index (χ3n) is 3.16. The number of halogens is 2. The van der Waals surface area contributed by atoms with Crippen molar-refractivity contribution in [2.45, 2.75) is 25.7 Å². The molecule has 7 heteroatoms. The van der Waals surface area contributed by atoms with E-state index >= 15 is 0 Å². The zero-order chi connectivity index (χ0) is 12.8. The Bertz CT molecular complexity index is 570. The van der Waals surface area contributed by atoms with E-state index in [-0.39, 0.29) is 12.8 Å². The second-order valence-electron chi connectivity index (χ2n) is 4.57. The molecule has 18 heavy (non-hydrogen) atoms. The summed E-state index contributed by atoms with van der Waals surface area (Å²) in [6.45, 7) is 2.44. The number of rotatable bonds is 1. The highest BCUT2D eigenvalue weighted by Crippen LogP contribution is 2.29. The summed E-state index contributed by atoms with van der Waals surface area (Å²) in [6.07, 6.45) is 1.16. The number of fused-ring (bicyclic) bond motifs is 1. The Hall–Kier alpha value is -1.79. The predicted molar refractivity (Wildman–Crippen MR) is 61.9 cm³/mol. The number of hydrogen-bond donors (Lipinski definition) is 0. The largest absolute Gasteiger partial charge is 0.340 e. The van der Waals surface area contributed by atoms with E-state index in [4.69, 9.17) is 0 Å². The molecule has 5 nitrogen and oxygen atoms in total. The van der Waals surface area contributed by atoms with Crippen LogP contribution in [0.15, 0.2) is 12.4 Å². The highest BCUT2D eigenvalue weighted by molar-refractivity contribution is 5.46. The van der Waals surface area contributed by atoms with Gasteiger partial charge in [0.2, 0.25) is 5.95 Å². The molecule has 0 spiro atoms. The summed E-state index contributed by atoms with van der Waals surface area (Å²) in [5.41, 5.74) is 1.50. The lowest BCUT2D eigenvalue weighted by atomic mass is 10.1. The molecule has 0 atom stereocenters. The van der Waals surface area contributed by atoms with E-state index < -0.39 is 5.92 Å². The van der Waals surface area contributed by atoms with Crippen LogP contribution in [0.2, 0.25) is 0 Å². The van der Waals surface area contributed by atoms with Gasteiger partial charge in [0.05, 0.1) is 0 Å². The smallest absolute Gasteiger partial charge is 0.251 e. The van der Waals surface area contributed by atoms with Gasteiger partial charge in [-0.3, -0.25) is 0 Å². The van der Waals surface area contributed by atoms with Gasteiger partial charge in [-0.2, -0.15) is 9.61 Å². The summed E-state index contributed by atoms with van der Waals surface area (Å²) >= 11 is 0. The van der Waals surface area contributed by atoms with E-state index in [2.05, 4.69) is 15.1 Å². The first-order chi connectivity index (χ1) is 8.55. The fourth-order valence-corrected chi connectivity index (χ4v) is 2.17. The van der Waals surface area contributed by atoms with E-state index in [1.807, 2.05) is 17.9 Å². The van der Waals surface area contributed by atoms with Gasteiger partial charge in [-0.05, 0) is 6.92 Å². The third kappa shape index (κ3) is 1.89. The molecule has 0 unspecified atom stereocenters. The van der Waals surface area contributed by atoms with Crippen LogP contribution in [0.5, 0.6) is 0 Å². The van der Waals surface area contributed by atoms with Crippen LogP contribution in [0.3, 0.4) is 0 Å². The quantitative estimate of drug-likeness (QED) is 0.775. The van der Waals surface area contributed by atoms with Gasteiger partial charge in [0.1, 0.15) is 6.33 Å². The van der Waals surface area contributed by atoms with Crippen molar-refractivity contribution in [3.05, 3.63) is 18.1 Å². The van der Waals surface area contributed by atoms with Gasteiger partial charge < -0.3 is 4.90 Å². The maximum Gasteiger partial charge on any atom is 0.251 e. The summed E-state index contributed by atoms with van der Waals surface area (Å²) < 4.78 is 27.9. The first-order valence-corrected chi connectivity index (χ1v) is 5.85. The Morgan fingerprint density at radius 3 is 2.72 bits per heavy atom. The number of hydrogen-bond acceptors (Lipinski definition) is 4. The number of anilines is 1. The highest BCUT2D eigenvalue weighted by Gasteiger charge is 2.35. The van der Waals surface area contributed by atoms with Crippen LogP contribution in [0.4, 0.5) is 14.7 Å². The molecule has 0 amide bonds. The van der Waals surface area contributed by atoms with Crippen molar-refractivity contribution in [1.82, 2.24) is 19.6 Å². The molecule has 0 radical (unpaired) electrons. The summed E-state index contributed by atoms with van der Waals surface area (Å²) in [6, 6.07) is 1.81. The summed E-state index contributed by atoms with van der Waals surface area (Å²) in [4.78, 5) is 10.3. The predicted octanol–water partition coefficient (Wildman–Crippen LogP) is 1.67. The normalized spacial score (nSPS) is 19.4. The Morgan fingerprint density at radius 1 is 1.28 bits per heavy atom. The van der Waals surface area contributed by atoms with Gasteiger partial charge >= 0.3 is 0 Å². The molecule has 1 saturated heterocycles. The first kappa shape index (κ1) is 11.3. The van der Waals surface area contributed by atoms with Crippen molar-refractivity contribution in [1.29, 1.82) is 0 Å². The van der Waals surface area contributed by atoms with Gasteiger partial charge in [-0.15, -0.1) is 0 Å². The molecule has 0 aliphatic carbocycles. The monoisotopic (exact) mass is 253 g/mol. The zero-order valence-electron chi connectivity index (χ0n) is 9.98. The molecule has 0 aromatic carbocycles. The van der Waals surface area contributed by atoms with Crippen LogP contribution in [-0.4, -0.2) is 38.6 Å². The standard InChI is InChI=1S/C11H13F2N5/c1-8-6-9-14-7-15-18(9)10(16-8)17-4-2-11(12,13)3-5-17/h6-7H,2-5H2,1H3. The highest BCUT2D eigenvalue weighted by atomic mass is 19.3. The van der Waals surface area contributed by atoms with Crippen LogP contribution < -0.4 is 4.90 Å². The molecule has 0 bridgehead atoms. The summed E-state index contributed by atoms with van der Waals surface area (Å²) in [7, 11) is 0. The molecule has 1 aliphatic heterocycles. The van der Waals surface area contributed by atoms with E-state index in [0.29, 0.717) is 24.7 Å². The lowest BCUT2D eigenvalue weighted by molar-refractivity contribution is -0.0223. The van der Waals surface area contributed by atoms with E-state index in [9.17, 15) is 8.78 Å². The van der Waals surface area contributed by atoms with Gasteiger partial charge in [0, 0.05) is 37.7 Å². The van der Waals surface area contributed by atoms with Crippen LogP contribution >= 0.6 is 0 Å². The Kier molecular flexibility index (Phi) is 2.42. The Labute approximate surface area is 102 Å². The van der Waals surface area contributed by atoms with Crippen molar-refractivity contribution >= 4 is 11.6 Å². The van der Waals surface area contributed by atoms with Crippen LogP contribution in [0, 0.1) is 6.92 Å². The fourth-order valence-electron chi connectivity index (χ4n) is 2.17.